The Kier molecular flexibility index (Phi) is 5.01. The molecule has 98 valence electrons. The molecule has 0 aromatic heterocycles. The van der Waals surface area contributed by atoms with E-state index in [2.05, 4.69) is 6.07 Å². The molecule has 0 fully saturated rings. The molecule has 0 spiro atoms. The van der Waals surface area contributed by atoms with Gasteiger partial charge in [0.1, 0.15) is 5.75 Å². The van der Waals surface area contributed by atoms with E-state index in [1.807, 2.05) is 13.8 Å². The predicted octanol–water partition coefficient (Wildman–Crippen LogP) is 3.71. The third kappa shape index (κ3) is 4.21. The number of ether oxygens (including phenoxy) is 1. The summed E-state index contributed by atoms with van der Waals surface area (Å²) in [5, 5.41) is 18.8. The van der Waals surface area contributed by atoms with Crippen LogP contribution in [0.5, 0.6) is 5.75 Å². The summed E-state index contributed by atoms with van der Waals surface area (Å²) in [7, 11) is 0. The molecule has 0 amide bonds. The van der Waals surface area contributed by atoms with E-state index in [4.69, 9.17) is 21.6 Å². The zero-order valence-electron chi connectivity index (χ0n) is 10.9. The second-order valence-electron chi connectivity index (χ2n) is 4.96. The van der Waals surface area contributed by atoms with Crippen LogP contribution >= 0.6 is 11.6 Å². The van der Waals surface area contributed by atoms with Crippen LogP contribution in [0.2, 0.25) is 5.02 Å². The van der Waals surface area contributed by atoms with Crippen molar-refractivity contribution in [2.75, 3.05) is 6.61 Å². The summed E-state index contributed by atoms with van der Waals surface area (Å²) in [6.45, 7) is 5.86. The molecule has 0 aliphatic heterocycles. The maximum Gasteiger partial charge on any atom is 0.137 e. The van der Waals surface area contributed by atoms with Crippen LogP contribution in [0.3, 0.4) is 0 Å². The zero-order valence-corrected chi connectivity index (χ0v) is 11.7. The van der Waals surface area contributed by atoms with Crippen LogP contribution in [0, 0.1) is 16.7 Å². The lowest BCUT2D eigenvalue weighted by Gasteiger charge is -2.16. The highest BCUT2D eigenvalue weighted by atomic mass is 35.5. The van der Waals surface area contributed by atoms with E-state index in [9.17, 15) is 5.11 Å². The number of hydrogen-bond acceptors (Lipinski definition) is 3. The van der Waals surface area contributed by atoms with Gasteiger partial charge >= 0.3 is 0 Å². The Morgan fingerprint density at radius 2 is 2.17 bits per heavy atom. The van der Waals surface area contributed by atoms with Crippen LogP contribution in [0.4, 0.5) is 0 Å². The minimum atomic E-state index is -0.547. The normalized spacial score (nSPS) is 12.9. The lowest BCUT2D eigenvalue weighted by Crippen LogP contribution is -2.13. The molecule has 0 heterocycles. The van der Waals surface area contributed by atoms with Gasteiger partial charge in [-0.1, -0.05) is 17.7 Å². The smallest absolute Gasteiger partial charge is 0.137 e. The third-order valence-electron chi connectivity index (χ3n) is 2.73. The van der Waals surface area contributed by atoms with Gasteiger partial charge in [-0.15, -0.1) is 0 Å². The van der Waals surface area contributed by atoms with E-state index < -0.39 is 11.5 Å². The number of aliphatic hydroxyl groups excluding tert-OH is 1. The Balaban J connectivity index is 2.62. The Morgan fingerprint density at radius 1 is 1.50 bits per heavy atom. The van der Waals surface area contributed by atoms with E-state index in [1.165, 1.54) is 0 Å². The summed E-state index contributed by atoms with van der Waals surface area (Å²) in [4.78, 5) is 0. The first-order valence-electron chi connectivity index (χ1n) is 5.87. The highest BCUT2D eigenvalue weighted by Crippen LogP contribution is 2.28. The van der Waals surface area contributed by atoms with Gasteiger partial charge in [0.25, 0.3) is 0 Å². The van der Waals surface area contributed by atoms with E-state index in [0.29, 0.717) is 23.8 Å². The Hall–Kier alpha value is -1.24. The molecule has 4 heteroatoms. The van der Waals surface area contributed by atoms with Crippen LogP contribution < -0.4 is 4.74 Å². The summed E-state index contributed by atoms with van der Waals surface area (Å²) in [6, 6.07) is 7.43. The second kappa shape index (κ2) is 6.08. The Bertz CT molecular complexity index is 450. The average Bonchev–Trinajstić information content (AvgIpc) is 2.31. The average molecular weight is 268 g/mol. The number of rotatable bonds is 5. The molecule has 3 nitrogen and oxygen atoms in total. The van der Waals surface area contributed by atoms with E-state index in [0.717, 1.165) is 5.56 Å². The van der Waals surface area contributed by atoms with E-state index >= 15 is 0 Å². The maximum atomic E-state index is 9.42. The van der Waals surface area contributed by atoms with Gasteiger partial charge in [-0.2, -0.15) is 5.26 Å². The molecule has 1 N–H and O–H groups in total. The molecular weight excluding hydrogens is 250 g/mol. The molecule has 0 radical (unpaired) electrons. The van der Waals surface area contributed by atoms with E-state index in [-0.39, 0.29) is 0 Å². The minimum Gasteiger partial charge on any atom is -0.492 e. The summed E-state index contributed by atoms with van der Waals surface area (Å²) >= 11 is 6.06. The van der Waals surface area contributed by atoms with Crippen LogP contribution in [-0.2, 0) is 0 Å². The Labute approximate surface area is 113 Å². The highest BCUT2D eigenvalue weighted by Gasteiger charge is 2.16. The van der Waals surface area contributed by atoms with E-state index in [1.54, 1.807) is 25.1 Å². The summed E-state index contributed by atoms with van der Waals surface area (Å²) in [5.74, 6) is 0.579. The van der Waals surface area contributed by atoms with Crippen molar-refractivity contribution in [3.8, 4) is 11.8 Å². The van der Waals surface area contributed by atoms with Gasteiger partial charge in [-0.25, -0.2) is 0 Å². The fourth-order valence-corrected chi connectivity index (χ4v) is 1.61. The molecule has 1 unspecified atom stereocenters. The minimum absolute atomic E-state index is 0.397. The molecule has 1 rings (SSSR count). The third-order valence-corrected chi connectivity index (χ3v) is 3.02. The number of nitrogens with zero attached hydrogens (tertiary/aromatic N) is 1. The number of halogens is 1. The zero-order chi connectivity index (χ0) is 13.8. The van der Waals surface area contributed by atoms with Crippen LogP contribution in [-0.4, -0.2) is 11.7 Å². The maximum absolute atomic E-state index is 9.42. The fourth-order valence-electron chi connectivity index (χ4n) is 1.37. The number of nitriles is 1. The molecule has 1 aromatic carbocycles. The molecule has 0 aliphatic rings. The van der Waals surface area contributed by atoms with Crippen LogP contribution in [0.25, 0.3) is 0 Å². The first-order valence-corrected chi connectivity index (χ1v) is 6.25. The molecular formula is C14H18ClNO2. The van der Waals surface area contributed by atoms with Gasteiger partial charge in [0.2, 0.25) is 0 Å². The molecule has 1 aromatic rings. The van der Waals surface area contributed by atoms with Crippen molar-refractivity contribution in [2.24, 2.45) is 5.41 Å². The number of hydrogen-bond donors (Lipinski definition) is 1. The molecule has 0 saturated carbocycles. The van der Waals surface area contributed by atoms with Gasteiger partial charge in [0.05, 0.1) is 29.2 Å². The SMILES string of the molecule is CC(O)c1ccc(OCCC(C)(C)C#N)c(Cl)c1. The standard InChI is InChI=1S/C14H18ClNO2/c1-10(17)11-4-5-13(12(15)8-11)18-7-6-14(2,3)9-16/h4-5,8,10,17H,6-7H2,1-3H3. The first kappa shape index (κ1) is 14.8. The second-order valence-corrected chi connectivity index (χ2v) is 5.37. The Morgan fingerprint density at radius 3 is 2.67 bits per heavy atom. The molecule has 0 bridgehead atoms. The summed E-state index contributed by atoms with van der Waals surface area (Å²) in [5.41, 5.74) is 0.358. The molecule has 0 saturated heterocycles. The quantitative estimate of drug-likeness (QED) is 0.885. The fraction of sp³-hybridized carbons (Fsp3) is 0.500. The summed E-state index contributed by atoms with van der Waals surface area (Å²) in [6.07, 6.45) is 0.0897. The molecule has 18 heavy (non-hydrogen) atoms. The topological polar surface area (TPSA) is 53.2 Å². The van der Waals surface area contributed by atoms with Crippen molar-refractivity contribution in [1.82, 2.24) is 0 Å². The predicted molar refractivity (Wildman–Crippen MR) is 71.6 cm³/mol. The van der Waals surface area contributed by atoms with Gasteiger partial charge in [0, 0.05) is 0 Å². The van der Waals surface area contributed by atoms with Crippen molar-refractivity contribution >= 4 is 11.6 Å². The lowest BCUT2D eigenvalue weighted by molar-refractivity contribution is 0.199. The highest BCUT2D eigenvalue weighted by molar-refractivity contribution is 6.32. The van der Waals surface area contributed by atoms with Gasteiger partial charge in [-0.3, -0.25) is 0 Å². The van der Waals surface area contributed by atoms with Gasteiger partial charge in [0.15, 0.2) is 0 Å². The summed E-state index contributed by atoms with van der Waals surface area (Å²) < 4.78 is 5.54. The number of benzene rings is 1. The largest absolute Gasteiger partial charge is 0.492 e. The van der Waals surface area contributed by atoms with Gasteiger partial charge in [-0.05, 0) is 44.9 Å². The number of aliphatic hydroxyl groups is 1. The van der Waals surface area contributed by atoms with Crippen molar-refractivity contribution in [3.63, 3.8) is 0 Å². The monoisotopic (exact) mass is 267 g/mol. The van der Waals surface area contributed by atoms with Crippen LogP contribution in [0.15, 0.2) is 18.2 Å². The van der Waals surface area contributed by atoms with Gasteiger partial charge < -0.3 is 9.84 Å². The van der Waals surface area contributed by atoms with Crippen molar-refractivity contribution < 1.29 is 9.84 Å². The van der Waals surface area contributed by atoms with Crippen molar-refractivity contribution in [2.45, 2.75) is 33.3 Å². The molecule has 1 atom stereocenters. The van der Waals surface area contributed by atoms with Crippen molar-refractivity contribution in [1.29, 1.82) is 5.26 Å². The van der Waals surface area contributed by atoms with Crippen LogP contribution in [0.1, 0.15) is 38.9 Å². The van der Waals surface area contributed by atoms with Crippen molar-refractivity contribution in [3.05, 3.63) is 28.8 Å². The lowest BCUT2D eigenvalue weighted by atomic mass is 9.92. The first-order chi connectivity index (χ1) is 8.35. The molecule has 0 aliphatic carbocycles.